The second-order valence-electron chi connectivity index (χ2n) is 4.69. The molecule has 0 unspecified atom stereocenters. The van der Waals surface area contributed by atoms with Crippen LogP contribution in [-0.2, 0) is 4.79 Å². The van der Waals surface area contributed by atoms with E-state index in [1.165, 1.54) is 11.8 Å². The third-order valence-electron chi connectivity index (χ3n) is 3.20. The van der Waals surface area contributed by atoms with E-state index in [1.807, 2.05) is 35.2 Å². The lowest BCUT2D eigenvalue weighted by molar-refractivity contribution is -0.116. The molecule has 0 saturated carbocycles. The van der Waals surface area contributed by atoms with Crippen LogP contribution in [-0.4, -0.2) is 24.0 Å². The summed E-state index contributed by atoms with van der Waals surface area (Å²) in [5.41, 5.74) is 0.956. The standard InChI is InChI=1S/C17H18N2OS/c1-2-11-19(17(20)13-21-12-10-18)16-9-5-7-14-6-3-4-8-15(14)16/h3-9H,2,11-13H2,1H3. The molecule has 0 N–H and O–H groups in total. The Bertz CT molecular complexity index is 658. The minimum absolute atomic E-state index is 0.0634. The SMILES string of the molecule is CCCN(C(=O)CSCC#N)c1cccc2ccccc12. The second-order valence-corrected chi connectivity index (χ2v) is 5.68. The van der Waals surface area contributed by atoms with Gasteiger partial charge in [0, 0.05) is 11.9 Å². The van der Waals surface area contributed by atoms with Crippen molar-refractivity contribution in [3.8, 4) is 6.07 Å². The average molecular weight is 298 g/mol. The van der Waals surface area contributed by atoms with Gasteiger partial charge >= 0.3 is 0 Å². The molecular weight excluding hydrogens is 280 g/mol. The van der Waals surface area contributed by atoms with Crippen LogP contribution in [0, 0.1) is 11.3 Å². The molecule has 2 rings (SSSR count). The van der Waals surface area contributed by atoms with E-state index in [1.54, 1.807) is 0 Å². The molecule has 21 heavy (non-hydrogen) atoms. The molecular formula is C17H18N2OS. The average Bonchev–Trinajstić information content (AvgIpc) is 2.52. The first-order chi connectivity index (χ1) is 10.3. The molecule has 0 fully saturated rings. The number of rotatable bonds is 6. The van der Waals surface area contributed by atoms with Crippen LogP contribution in [0.2, 0.25) is 0 Å². The number of hydrogen-bond donors (Lipinski definition) is 0. The van der Waals surface area contributed by atoms with Gasteiger partial charge in [0.15, 0.2) is 0 Å². The Kier molecular flexibility index (Phi) is 5.65. The zero-order chi connectivity index (χ0) is 15.1. The molecule has 4 heteroatoms. The molecule has 0 aliphatic carbocycles. The van der Waals surface area contributed by atoms with Gasteiger partial charge in [-0.25, -0.2) is 0 Å². The van der Waals surface area contributed by atoms with Crippen LogP contribution in [0.1, 0.15) is 13.3 Å². The molecule has 0 heterocycles. The molecule has 108 valence electrons. The summed E-state index contributed by atoms with van der Waals surface area (Å²) in [6, 6.07) is 16.2. The van der Waals surface area contributed by atoms with Gasteiger partial charge in [0.1, 0.15) is 0 Å². The Morgan fingerprint density at radius 2 is 2.00 bits per heavy atom. The number of thioether (sulfide) groups is 1. The topological polar surface area (TPSA) is 44.1 Å². The Balaban J connectivity index is 2.32. The highest BCUT2D eigenvalue weighted by molar-refractivity contribution is 8.00. The number of carbonyl (C=O) groups excluding carboxylic acids is 1. The predicted octanol–water partition coefficient (Wildman–Crippen LogP) is 3.84. The van der Waals surface area contributed by atoms with Crippen LogP contribution in [0.25, 0.3) is 10.8 Å². The van der Waals surface area contributed by atoms with E-state index in [9.17, 15) is 4.79 Å². The highest BCUT2D eigenvalue weighted by atomic mass is 32.2. The Morgan fingerprint density at radius 1 is 1.24 bits per heavy atom. The number of anilines is 1. The zero-order valence-electron chi connectivity index (χ0n) is 12.1. The quantitative estimate of drug-likeness (QED) is 0.761. The van der Waals surface area contributed by atoms with Crippen LogP contribution in [0.5, 0.6) is 0 Å². The van der Waals surface area contributed by atoms with Crippen molar-refractivity contribution in [1.29, 1.82) is 5.26 Å². The first-order valence-corrected chi connectivity index (χ1v) is 8.16. The lowest BCUT2D eigenvalue weighted by Crippen LogP contribution is -2.33. The largest absolute Gasteiger partial charge is 0.311 e. The van der Waals surface area contributed by atoms with E-state index in [-0.39, 0.29) is 5.91 Å². The molecule has 0 aliphatic rings. The van der Waals surface area contributed by atoms with Gasteiger partial charge in [-0.3, -0.25) is 4.79 Å². The fourth-order valence-electron chi connectivity index (χ4n) is 2.31. The van der Waals surface area contributed by atoms with Crippen LogP contribution < -0.4 is 4.90 Å². The summed E-state index contributed by atoms with van der Waals surface area (Å²) in [6.07, 6.45) is 0.901. The summed E-state index contributed by atoms with van der Waals surface area (Å²) in [5.74, 6) is 0.756. The molecule has 0 atom stereocenters. The van der Waals surface area contributed by atoms with Crippen LogP contribution >= 0.6 is 11.8 Å². The predicted molar refractivity (Wildman–Crippen MR) is 89.5 cm³/mol. The molecule has 0 radical (unpaired) electrons. The maximum atomic E-state index is 12.4. The van der Waals surface area contributed by atoms with Gasteiger partial charge < -0.3 is 4.90 Å². The molecule has 2 aromatic carbocycles. The fraction of sp³-hybridized carbons (Fsp3) is 0.294. The van der Waals surface area contributed by atoms with Gasteiger partial charge in [0.25, 0.3) is 0 Å². The highest BCUT2D eigenvalue weighted by Gasteiger charge is 2.16. The number of hydrogen-bond acceptors (Lipinski definition) is 3. The molecule has 0 bridgehead atoms. The molecule has 0 spiro atoms. The van der Waals surface area contributed by atoms with E-state index >= 15 is 0 Å². The van der Waals surface area contributed by atoms with Crippen molar-refractivity contribution in [2.24, 2.45) is 0 Å². The summed E-state index contributed by atoms with van der Waals surface area (Å²) in [5, 5.41) is 10.8. The summed E-state index contributed by atoms with van der Waals surface area (Å²) >= 11 is 1.36. The summed E-state index contributed by atoms with van der Waals surface area (Å²) in [7, 11) is 0. The van der Waals surface area contributed by atoms with Crippen LogP contribution in [0.15, 0.2) is 42.5 Å². The summed E-state index contributed by atoms with van der Waals surface area (Å²) < 4.78 is 0. The lowest BCUT2D eigenvalue weighted by atomic mass is 10.1. The van der Waals surface area contributed by atoms with Gasteiger partial charge in [-0.15, -0.1) is 11.8 Å². The van der Waals surface area contributed by atoms with Crippen molar-refractivity contribution in [2.75, 3.05) is 23.0 Å². The van der Waals surface area contributed by atoms with Crippen molar-refractivity contribution in [2.45, 2.75) is 13.3 Å². The zero-order valence-corrected chi connectivity index (χ0v) is 12.9. The van der Waals surface area contributed by atoms with Gasteiger partial charge in [-0.2, -0.15) is 5.26 Å². The van der Waals surface area contributed by atoms with E-state index in [2.05, 4.69) is 25.1 Å². The molecule has 0 aromatic heterocycles. The van der Waals surface area contributed by atoms with E-state index in [4.69, 9.17) is 5.26 Å². The fourth-order valence-corrected chi connectivity index (χ4v) is 2.83. The monoisotopic (exact) mass is 298 g/mol. The van der Waals surface area contributed by atoms with Crippen molar-refractivity contribution in [1.82, 2.24) is 0 Å². The smallest absolute Gasteiger partial charge is 0.237 e. The third-order valence-corrected chi connectivity index (χ3v) is 3.98. The normalized spacial score (nSPS) is 10.3. The number of nitrogens with zero attached hydrogens (tertiary/aromatic N) is 2. The van der Waals surface area contributed by atoms with Crippen molar-refractivity contribution in [3.05, 3.63) is 42.5 Å². The number of nitriles is 1. The summed E-state index contributed by atoms with van der Waals surface area (Å²) in [4.78, 5) is 14.3. The molecule has 2 aromatic rings. The van der Waals surface area contributed by atoms with E-state index < -0.39 is 0 Å². The van der Waals surface area contributed by atoms with Crippen molar-refractivity contribution in [3.63, 3.8) is 0 Å². The minimum Gasteiger partial charge on any atom is -0.311 e. The first-order valence-electron chi connectivity index (χ1n) is 7.00. The Hall–Kier alpha value is -1.99. The minimum atomic E-state index is 0.0634. The summed E-state index contributed by atoms with van der Waals surface area (Å²) in [6.45, 7) is 2.76. The molecule has 0 saturated heterocycles. The molecule has 1 amide bonds. The van der Waals surface area contributed by atoms with Gasteiger partial charge in [0.2, 0.25) is 5.91 Å². The van der Waals surface area contributed by atoms with Crippen molar-refractivity contribution >= 4 is 34.1 Å². The van der Waals surface area contributed by atoms with E-state index in [0.29, 0.717) is 18.1 Å². The van der Waals surface area contributed by atoms with Crippen LogP contribution in [0.4, 0.5) is 5.69 Å². The Morgan fingerprint density at radius 3 is 2.76 bits per heavy atom. The van der Waals surface area contributed by atoms with Gasteiger partial charge in [-0.1, -0.05) is 43.3 Å². The molecule has 0 aliphatic heterocycles. The van der Waals surface area contributed by atoms with Gasteiger partial charge in [0.05, 0.1) is 23.3 Å². The second kappa shape index (κ2) is 7.70. The Labute approximate surface area is 129 Å². The molecule has 3 nitrogen and oxygen atoms in total. The van der Waals surface area contributed by atoms with E-state index in [0.717, 1.165) is 22.9 Å². The number of benzene rings is 2. The maximum Gasteiger partial charge on any atom is 0.237 e. The number of fused-ring (bicyclic) bond motifs is 1. The number of amides is 1. The first kappa shape index (κ1) is 15.4. The van der Waals surface area contributed by atoms with Crippen molar-refractivity contribution < 1.29 is 4.79 Å². The maximum absolute atomic E-state index is 12.4. The van der Waals surface area contributed by atoms with Crippen LogP contribution in [0.3, 0.4) is 0 Å². The highest BCUT2D eigenvalue weighted by Crippen LogP contribution is 2.27. The lowest BCUT2D eigenvalue weighted by Gasteiger charge is -2.23. The van der Waals surface area contributed by atoms with Gasteiger partial charge in [-0.05, 0) is 17.9 Å². The number of carbonyl (C=O) groups is 1. The third kappa shape index (κ3) is 3.77.